The van der Waals surface area contributed by atoms with Gasteiger partial charge in [-0.3, -0.25) is 9.59 Å². The highest BCUT2D eigenvalue weighted by molar-refractivity contribution is 5.70. The lowest BCUT2D eigenvalue weighted by Gasteiger charge is -1.96. The van der Waals surface area contributed by atoms with Crippen LogP contribution in [0.15, 0.2) is 17.1 Å². The van der Waals surface area contributed by atoms with Crippen LogP contribution in [-0.4, -0.2) is 16.1 Å². The van der Waals surface area contributed by atoms with Crippen molar-refractivity contribution in [2.75, 3.05) is 0 Å². The van der Waals surface area contributed by atoms with Crippen molar-refractivity contribution in [1.82, 2.24) is 4.98 Å². The first-order valence-electron chi connectivity index (χ1n) is 3.49. The molecule has 0 saturated carbocycles. The number of carboxylic acid groups (broad SMARTS) is 1. The number of hydrogen-bond donors (Lipinski definition) is 2. The van der Waals surface area contributed by atoms with Gasteiger partial charge in [-0.15, -0.1) is 0 Å². The molecule has 1 rings (SSSR count). The third kappa shape index (κ3) is 1.95. The van der Waals surface area contributed by atoms with Crippen LogP contribution < -0.4 is 5.56 Å². The maximum Gasteiger partial charge on any atom is 0.307 e. The van der Waals surface area contributed by atoms with Crippen molar-refractivity contribution in [2.24, 2.45) is 0 Å². The van der Waals surface area contributed by atoms with Gasteiger partial charge in [-0.2, -0.15) is 0 Å². The lowest BCUT2D eigenvalue weighted by Crippen LogP contribution is -2.10. The van der Waals surface area contributed by atoms with Crippen LogP contribution in [0.1, 0.15) is 11.1 Å². The Hall–Kier alpha value is -1.58. The number of aromatic nitrogens is 1. The number of nitrogens with one attached hydrogen (secondary N) is 1. The van der Waals surface area contributed by atoms with E-state index in [2.05, 4.69) is 4.98 Å². The molecule has 0 saturated heterocycles. The standard InChI is InChI=1S/C8H9NO3/c1-5-2-6(3-7(10)11)4-9-8(5)12/h2,4H,3H2,1H3,(H,9,12)(H,10,11). The minimum atomic E-state index is -0.901. The van der Waals surface area contributed by atoms with Gasteiger partial charge >= 0.3 is 5.97 Å². The van der Waals surface area contributed by atoms with Gasteiger partial charge in [0.05, 0.1) is 6.42 Å². The number of aromatic amines is 1. The van der Waals surface area contributed by atoms with Crippen molar-refractivity contribution in [1.29, 1.82) is 0 Å². The van der Waals surface area contributed by atoms with Crippen LogP contribution in [0.3, 0.4) is 0 Å². The van der Waals surface area contributed by atoms with Crippen molar-refractivity contribution in [2.45, 2.75) is 13.3 Å². The van der Waals surface area contributed by atoms with Crippen molar-refractivity contribution in [3.8, 4) is 0 Å². The monoisotopic (exact) mass is 167 g/mol. The molecule has 0 spiro atoms. The molecule has 0 atom stereocenters. The van der Waals surface area contributed by atoms with Crippen molar-refractivity contribution in [3.63, 3.8) is 0 Å². The molecular formula is C8H9NO3. The molecule has 0 fully saturated rings. The van der Waals surface area contributed by atoms with E-state index in [4.69, 9.17) is 5.11 Å². The van der Waals surface area contributed by atoms with E-state index < -0.39 is 5.97 Å². The molecule has 12 heavy (non-hydrogen) atoms. The molecule has 64 valence electrons. The molecule has 0 aliphatic heterocycles. The number of aryl methyl sites for hydroxylation is 1. The smallest absolute Gasteiger partial charge is 0.307 e. The van der Waals surface area contributed by atoms with Gasteiger partial charge < -0.3 is 10.1 Å². The highest BCUT2D eigenvalue weighted by Crippen LogP contribution is 1.97. The van der Waals surface area contributed by atoms with E-state index in [1.807, 2.05) is 0 Å². The average molecular weight is 167 g/mol. The largest absolute Gasteiger partial charge is 0.481 e. The number of hydrogen-bond acceptors (Lipinski definition) is 2. The molecule has 0 bridgehead atoms. The Kier molecular flexibility index (Phi) is 2.28. The highest BCUT2D eigenvalue weighted by Gasteiger charge is 2.01. The Labute approximate surface area is 68.9 Å². The van der Waals surface area contributed by atoms with E-state index in [-0.39, 0.29) is 12.0 Å². The number of aliphatic carboxylic acids is 1. The van der Waals surface area contributed by atoms with Crippen LogP contribution in [0.4, 0.5) is 0 Å². The second-order valence-electron chi connectivity index (χ2n) is 2.59. The minimum Gasteiger partial charge on any atom is -0.481 e. The number of carboxylic acids is 1. The SMILES string of the molecule is Cc1cc(CC(=O)O)c[nH]c1=O. The molecule has 0 amide bonds. The fourth-order valence-corrected chi connectivity index (χ4v) is 0.934. The summed E-state index contributed by atoms with van der Waals surface area (Å²) < 4.78 is 0. The third-order valence-corrected chi connectivity index (χ3v) is 1.50. The van der Waals surface area contributed by atoms with Gasteiger partial charge in [0.1, 0.15) is 0 Å². The van der Waals surface area contributed by atoms with Crippen molar-refractivity contribution < 1.29 is 9.90 Å². The first-order valence-corrected chi connectivity index (χ1v) is 3.49. The quantitative estimate of drug-likeness (QED) is 0.666. The van der Waals surface area contributed by atoms with Crippen molar-refractivity contribution >= 4 is 5.97 Å². The van der Waals surface area contributed by atoms with Gasteiger partial charge in [0.15, 0.2) is 0 Å². The van der Waals surface area contributed by atoms with Crippen LogP contribution in [0.25, 0.3) is 0 Å². The molecule has 0 radical (unpaired) electrons. The fourth-order valence-electron chi connectivity index (χ4n) is 0.934. The summed E-state index contributed by atoms with van der Waals surface area (Å²) in [4.78, 5) is 23.6. The highest BCUT2D eigenvalue weighted by atomic mass is 16.4. The van der Waals surface area contributed by atoms with Gasteiger partial charge in [-0.1, -0.05) is 0 Å². The zero-order valence-electron chi connectivity index (χ0n) is 6.63. The maximum atomic E-state index is 10.9. The van der Waals surface area contributed by atoms with E-state index >= 15 is 0 Å². The summed E-state index contributed by atoms with van der Waals surface area (Å²) in [6, 6.07) is 1.58. The zero-order valence-corrected chi connectivity index (χ0v) is 6.63. The van der Waals surface area contributed by atoms with Gasteiger partial charge in [-0.05, 0) is 18.6 Å². The van der Waals surface area contributed by atoms with Crippen molar-refractivity contribution in [3.05, 3.63) is 33.7 Å². The fraction of sp³-hybridized carbons (Fsp3) is 0.250. The van der Waals surface area contributed by atoms with Crippen LogP contribution in [0.2, 0.25) is 0 Å². The van der Waals surface area contributed by atoms with Crippen LogP contribution >= 0.6 is 0 Å². The van der Waals surface area contributed by atoms with E-state index in [1.165, 1.54) is 6.20 Å². The summed E-state index contributed by atoms with van der Waals surface area (Å²) in [5, 5.41) is 8.44. The number of rotatable bonds is 2. The number of carbonyl (C=O) groups is 1. The average Bonchev–Trinajstić information content (AvgIpc) is 1.96. The molecular weight excluding hydrogens is 158 g/mol. The molecule has 1 aromatic heterocycles. The summed E-state index contributed by atoms with van der Waals surface area (Å²) in [5.74, 6) is -0.901. The minimum absolute atomic E-state index is 0.0579. The normalized spacial score (nSPS) is 9.75. The Morgan fingerprint density at radius 3 is 2.83 bits per heavy atom. The van der Waals surface area contributed by atoms with Crippen LogP contribution in [0, 0.1) is 6.92 Å². The van der Waals surface area contributed by atoms with E-state index in [1.54, 1.807) is 13.0 Å². The summed E-state index contributed by atoms with van der Waals surface area (Å²) in [6.45, 7) is 1.64. The van der Waals surface area contributed by atoms with Crippen LogP contribution in [-0.2, 0) is 11.2 Å². The first kappa shape index (κ1) is 8.52. The Bertz CT molecular complexity index is 354. The molecule has 0 aliphatic rings. The van der Waals surface area contributed by atoms with E-state index in [9.17, 15) is 9.59 Å². The molecule has 0 aliphatic carbocycles. The summed E-state index contributed by atoms with van der Waals surface area (Å²) in [6.07, 6.45) is 1.36. The molecule has 1 aromatic rings. The predicted molar refractivity (Wildman–Crippen MR) is 43.1 cm³/mol. The summed E-state index contributed by atoms with van der Waals surface area (Å²) in [5.41, 5.74) is 0.970. The second-order valence-corrected chi connectivity index (χ2v) is 2.59. The lowest BCUT2D eigenvalue weighted by atomic mass is 10.2. The maximum absolute atomic E-state index is 10.9. The van der Waals surface area contributed by atoms with E-state index in [0.29, 0.717) is 11.1 Å². The molecule has 1 heterocycles. The van der Waals surface area contributed by atoms with Crippen LogP contribution in [0.5, 0.6) is 0 Å². The predicted octanol–water partition coefficient (Wildman–Crippen LogP) is 0.310. The zero-order chi connectivity index (χ0) is 9.14. The Balaban J connectivity index is 2.97. The number of H-pyrrole nitrogens is 1. The topological polar surface area (TPSA) is 70.2 Å². The Morgan fingerprint density at radius 2 is 2.33 bits per heavy atom. The second kappa shape index (κ2) is 3.21. The molecule has 4 nitrogen and oxygen atoms in total. The third-order valence-electron chi connectivity index (χ3n) is 1.50. The first-order chi connectivity index (χ1) is 5.59. The molecule has 0 unspecified atom stereocenters. The molecule has 0 aromatic carbocycles. The van der Waals surface area contributed by atoms with Gasteiger partial charge in [-0.25, -0.2) is 0 Å². The lowest BCUT2D eigenvalue weighted by molar-refractivity contribution is -0.136. The summed E-state index contributed by atoms with van der Waals surface area (Å²) >= 11 is 0. The Morgan fingerprint density at radius 1 is 1.67 bits per heavy atom. The van der Waals surface area contributed by atoms with Gasteiger partial charge in [0, 0.05) is 11.8 Å². The molecule has 2 N–H and O–H groups in total. The van der Waals surface area contributed by atoms with Gasteiger partial charge in [0.25, 0.3) is 5.56 Å². The van der Waals surface area contributed by atoms with E-state index in [0.717, 1.165) is 0 Å². The summed E-state index contributed by atoms with van der Waals surface area (Å²) in [7, 11) is 0. The van der Waals surface area contributed by atoms with Gasteiger partial charge in [0.2, 0.25) is 0 Å². The molecule has 4 heteroatoms. The number of pyridine rings is 1.